The summed E-state index contributed by atoms with van der Waals surface area (Å²) in [4.78, 5) is 52.1. The van der Waals surface area contributed by atoms with E-state index in [1.54, 1.807) is 24.3 Å². The van der Waals surface area contributed by atoms with Crippen LogP contribution in [0, 0.1) is 0 Å². The van der Waals surface area contributed by atoms with Crippen molar-refractivity contribution < 1.29 is 24.3 Å². The molecule has 0 amide bonds. The quantitative estimate of drug-likeness (QED) is 0.639. The van der Waals surface area contributed by atoms with Gasteiger partial charge in [0.05, 0.1) is 11.1 Å². The van der Waals surface area contributed by atoms with Crippen LogP contribution >= 0.6 is 11.6 Å². The highest BCUT2D eigenvalue weighted by atomic mass is 35.5. The van der Waals surface area contributed by atoms with Gasteiger partial charge >= 0.3 is 0 Å². The Morgan fingerprint density at radius 1 is 0.812 bits per heavy atom. The van der Waals surface area contributed by atoms with Gasteiger partial charge < -0.3 is 5.11 Å². The minimum atomic E-state index is -0.881. The number of Topliss-reactive ketones (excluding diaryl/α,β-unsaturated/α-hetero) is 4. The number of hydrogen-bond donors (Lipinski definition) is 1. The van der Waals surface area contributed by atoms with Crippen LogP contribution in [-0.2, 0) is 6.42 Å². The smallest absolute Gasteiger partial charge is 0.228 e. The molecule has 0 bridgehead atoms. The normalized spacial score (nSPS) is 15.7. The summed E-state index contributed by atoms with van der Waals surface area (Å²) in [5.41, 5.74) is 1.35. The van der Waals surface area contributed by atoms with Gasteiger partial charge in [0, 0.05) is 22.3 Å². The lowest BCUT2D eigenvalue weighted by molar-refractivity contribution is 0.0922. The minimum Gasteiger partial charge on any atom is -0.504 e. The van der Waals surface area contributed by atoms with Gasteiger partial charge in [-0.2, -0.15) is 0 Å². The lowest BCUT2D eigenvalue weighted by Gasteiger charge is -2.23. The van der Waals surface area contributed by atoms with Crippen molar-refractivity contribution in [1.29, 1.82) is 0 Å². The van der Waals surface area contributed by atoms with Crippen LogP contribution in [0.5, 0.6) is 0 Å². The molecule has 2 aromatic rings. The number of halogens is 1. The predicted molar refractivity (Wildman–Crippen MR) is 120 cm³/mol. The van der Waals surface area contributed by atoms with Gasteiger partial charge in [-0.25, -0.2) is 0 Å². The van der Waals surface area contributed by atoms with E-state index in [2.05, 4.69) is 6.08 Å². The van der Waals surface area contributed by atoms with Gasteiger partial charge in [-0.05, 0) is 44.4 Å². The molecule has 0 saturated heterocycles. The fourth-order valence-corrected chi connectivity index (χ4v) is 4.23. The number of carbonyl (C=O) groups is 4. The van der Waals surface area contributed by atoms with Crippen molar-refractivity contribution in [3.05, 3.63) is 104 Å². The zero-order valence-electron chi connectivity index (χ0n) is 17.5. The molecule has 0 heterocycles. The van der Waals surface area contributed by atoms with E-state index in [1.807, 2.05) is 13.8 Å². The number of hydrogen-bond acceptors (Lipinski definition) is 5. The molecule has 1 N–H and O–H groups in total. The number of fused-ring (bicyclic) bond motifs is 2. The molecule has 0 fully saturated rings. The van der Waals surface area contributed by atoms with Crippen LogP contribution < -0.4 is 0 Å². The molecule has 32 heavy (non-hydrogen) atoms. The molecule has 2 aliphatic rings. The fourth-order valence-electron chi connectivity index (χ4n) is 3.94. The highest BCUT2D eigenvalue weighted by Crippen LogP contribution is 2.38. The number of ketones is 4. The first kappa shape index (κ1) is 21.7. The maximum atomic E-state index is 13.4. The van der Waals surface area contributed by atoms with Crippen LogP contribution in [0.1, 0.15) is 67.3 Å². The second-order valence-electron chi connectivity index (χ2n) is 7.97. The highest BCUT2D eigenvalue weighted by molar-refractivity contribution is 6.52. The summed E-state index contributed by atoms with van der Waals surface area (Å²) in [5.74, 6) is -3.71. The maximum absolute atomic E-state index is 13.4. The summed E-state index contributed by atoms with van der Waals surface area (Å²) in [6, 6.07) is 10.9. The molecule has 5 nitrogen and oxygen atoms in total. The monoisotopic (exact) mass is 446 g/mol. The maximum Gasteiger partial charge on any atom is 0.228 e. The first-order valence-electron chi connectivity index (χ1n) is 10.1. The lowest BCUT2D eigenvalue weighted by Crippen LogP contribution is -2.29. The molecule has 0 unspecified atom stereocenters. The summed E-state index contributed by atoms with van der Waals surface area (Å²) < 4.78 is 0. The van der Waals surface area contributed by atoms with E-state index in [4.69, 9.17) is 11.6 Å². The van der Waals surface area contributed by atoms with Gasteiger partial charge in [0.25, 0.3) is 0 Å². The molecule has 6 heteroatoms. The molecule has 0 atom stereocenters. The molecule has 2 aromatic carbocycles. The molecule has 0 aliphatic heterocycles. The van der Waals surface area contributed by atoms with Gasteiger partial charge in [-0.3, -0.25) is 19.2 Å². The van der Waals surface area contributed by atoms with E-state index in [9.17, 15) is 24.3 Å². The van der Waals surface area contributed by atoms with Crippen molar-refractivity contribution in [2.24, 2.45) is 0 Å². The summed E-state index contributed by atoms with van der Waals surface area (Å²) in [6.07, 6.45) is 3.48. The van der Waals surface area contributed by atoms with Crippen LogP contribution in [-0.4, -0.2) is 28.2 Å². The molecular weight excluding hydrogens is 428 g/mol. The number of allylic oxidation sites excluding steroid dienone is 6. The number of benzene rings is 2. The Balaban J connectivity index is 1.82. The van der Waals surface area contributed by atoms with Gasteiger partial charge in [0.2, 0.25) is 11.6 Å². The van der Waals surface area contributed by atoms with Crippen molar-refractivity contribution in [2.75, 3.05) is 0 Å². The van der Waals surface area contributed by atoms with Gasteiger partial charge in [0.15, 0.2) is 17.3 Å². The van der Waals surface area contributed by atoms with E-state index in [1.165, 1.54) is 23.8 Å². The SMILES string of the molecule is CC(C)=CCCc1ccc2c(c1)C(=O)C(C1=C(Cl)C(=O)c3ccccc3C1=O)=C(O)C2=O. The average molecular weight is 447 g/mol. The van der Waals surface area contributed by atoms with Crippen LogP contribution in [0.2, 0.25) is 0 Å². The second-order valence-corrected chi connectivity index (χ2v) is 8.35. The molecular formula is C26H19ClO5. The fraction of sp³-hybridized carbons (Fsp3) is 0.154. The highest BCUT2D eigenvalue weighted by Gasteiger charge is 2.41. The van der Waals surface area contributed by atoms with Crippen LogP contribution in [0.4, 0.5) is 0 Å². The van der Waals surface area contributed by atoms with E-state index >= 15 is 0 Å². The number of aliphatic hydroxyl groups is 1. The van der Waals surface area contributed by atoms with Crippen LogP contribution in [0.25, 0.3) is 0 Å². The molecule has 0 radical (unpaired) electrons. The summed E-state index contributed by atoms with van der Waals surface area (Å²) in [6.45, 7) is 3.99. The van der Waals surface area contributed by atoms with Crippen LogP contribution in [0.3, 0.4) is 0 Å². The Morgan fingerprint density at radius 2 is 1.41 bits per heavy atom. The first-order chi connectivity index (χ1) is 15.2. The molecule has 2 aliphatic carbocycles. The Bertz CT molecular complexity index is 1320. The number of rotatable bonds is 4. The number of aliphatic hydroxyl groups excluding tert-OH is 1. The average Bonchev–Trinajstić information content (AvgIpc) is 2.78. The molecule has 0 saturated carbocycles. The zero-order valence-corrected chi connectivity index (χ0v) is 18.2. The number of carbonyl (C=O) groups excluding carboxylic acids is 4. The van der Waals surface area contributed by atoms with E-state index in [-0.39, 0.29) is 22.3 Å². The third-order valence-electron chi connectivity index (χ3n) is 5.55. The van der Waals surface area contributed by atoms with Gasteiger partial charge in [0.1, 0.15) is 5.03 Å². The van der Waals surface area contributed by atoms with Crippen molar-refractivity contribution >= 4 is 34.7 Å². The molecule has 4 rings (SSSR count). The largest absolute Gasteiger partial charge is 0.504 e. The lowest BCUT2D eigenvalue weighted by atomic mass is 9.78. The Kier molecular flexibility index (Phi) is 5.53. The summed E-state index contributed by atoms with van der Waals surface area (Å²) in [7, 11) is 0. The van der Waals surface area contributed by atoms with Crippen molar-refractivity contribution in [3.63, 3.8) is 0 Å². The van der Waals surface area contributed by atoms with Gasteiger partial charge in [-0.1, -0.05) is 53.6 Å². The van der Waals surface area contributed by atoms with E-state index in [0.717, 1.165) is 12.0 Å². The molecule has 0 aromatic heterocycles. The Hall–Kier alpha value is -3.57. The zero-order chi connectivity index (χ0) is 23.2. The topological polar surface area (TPSA) is 88.5 Å². The van der Waals surface area contributed by atoms with Crippen molar-refractivity contribution in [2.45, 2.75) is 26.7 Å². The standard InChI is InChI=1S/C26H19ClO5/c1-13(2)6-5-7-14-10-11-17-18(12-14)23(29)20(26(32)25(17)31)19-21(27)24(30)16-9-4-3-8-15(16)22(19)28/h3-4,6,8-12,32H,5,7H2,1-2H3. The first-order valence-corrected chi connectivity index (χ1v) is 10.5. The molecule has 0 spiro atoms. The van der Waals surface area contributed by atoms with Crippen molar-refractivity contribution in [3.8, 4) is 0 Å². The second kappa shape index (κ2) is 8.17. The van der Waals surface area contributed by atoms with Gasteiger partial charge in [-0.15, -0.1) is 0 Å². The minimum absolute atomic E-state index is 0.0499. The Morgan fingerprint density at radius 3 is 2.06 bits per heavy atom. The summed E-state index contributed by atoms with van der Waals surface area (Å²) >= 11 is 6.22. The summed E-state index contributed by atoms with van der Waals surface area (Å²) in [5, 5.41) is 10.1. The third kappa shape index (κ3) is 3.45. The third-order valence-corrected chi connectivity index (χ3v) is 5.91. The van der Waals surface area contributed by atoms with E-state index in [0.29, 0.717) is 6.42 Å². The number of aryl methyl sites for hydroxylation is 1. The Labute approximate surface area is 189 Å². The molecule has 160 valence electrons. The van der Waals surface area contributed by atoms with Crippen molar-refractivity contribution in [1.82, 2.24) is 0 Å². The van der Waals surface area contributed by atoms with E-state index < -0.39 is 45.1 Å². The van der Waals surface area contributed by atoms with Crippen LogP contribution in [0.15, 0.2) is 76.1 Å². The predicted octanol–water partition coefficient (Wildman–Crippen LogP) is 5.35.